The fraction of sp³-hybridized carbons (Fsp3) is 0.471. The number of hydrogen-bond donors (Lipinski definition) is 1. The van der Waals surface area contributed by atoms with Crippen molar-refractivity contribution in [2.45, 2.75) is 12.8 Å². The Morgan fingerprint density at radius 1 is 1.27 bits per heavy atom. The Bertz CT molecular complexity index is 586. The topological polar surface area (TPSA) is 50.8 Å². The van der Waals surface area contributed by atoms with Gasteiger partial charge in [-0.2, -0.15) is 0 Å². The van der Waals surface area contributed by atoms with Gasteiger partial charge in [0, 0.05) is 17.7 Å². The molecule has 2 aliphatic rings. The largest absolute Gasteiger partial charge is 0.486 e. The molecule has 1 aromatic rings. The van der Waals surface area contributed by atoms with Crippen molar-refractivity contribution in [3.05, 3.63) is 18.2 Å². The summed E-state index contributed by atoms with van der Waals surface area (Å²) in [5, 5.41) is 2.98. The van der Waals surface area contributed by atoms with Crippen LogP contribution in [0.1, 0.15) is 12.8 Å². The highest BCUT2D eigenvalue weighted by molar-refractivity contribution is 5.93. The van der Waals surface area contributed by atoms with Gasteiger partial charge in [-0.15, -0.1) is 6.42 Å². The van der Waals surface area contributed by atoms with Gasteiger partial charge in [0.2, 0.25) is 5.91 Å². The first-order valence-corrected chi connectivity index (χ1v) is 7.62. The minimum Gasteiger partial charge on any atom is -0.486 e. The number of fused-ring (bicyclic) bond motifs is 1. The molecule has 5 nitrogen and oxygen atoms in total. The molecule has 1 aromatic carbocycles. The Kier molecular flexibility index (Phi) is 4.50. The molecule has 0 unspecified atom stereocenters. The first-order chi connectivity index (χ1) is 10.8. The molecule has 0 aliphatic carbocycles. The number of nitrogens with zero attached hydrogens (tertiary/aromatic N) is 1. The molecule has 0 spiro atoms. The van der Waals surface area contributed by atoms with Crippen molar-refractivity contribution < 1.29 is 14.3 Å². The predicted octanol–water partition coefficient (Wildman–Crippen LogP) is 1.74. The maximum absolute atomic E-state index is 12.4. The molecule has 116 valence electrons. The summed E-state index contributed by atoms with van der Waals surface area (Å²) in [5.41, 5.74) is 0.750. The fourth-order valence-corrected chi connectivity index (χ4v) is 2.85. The highest BCUT2D eigenvalue weighted by Crippen LogP contribution is 2.33. The maximum Gasteiger partial charge on any atom is 0.227 e. The molecule has 0 aromatic heterocycles. The molecule has 3 rings (SSSR count). The Morgan fingerprint density at radius 2 is 2.00 bits per heavy atom. The number of likely N-dealkylation sites (tertiary alicyclic amines) is 1. The van der Waals surface area contributed by atoms with E-state index < -0.39 is 0 Å². The lowest BCUT2D eigenvalue weighted by molar-refractivity contribution is -0.121. The smallest absolute Gasteiger partial charge is 0.227 e. The quantitative estimate of drug-likeness (QED) is 0.864. The van der Waals surface area contributed by atoms with Crippen molar-refractivity contribution in [2.24, 2.45) is 5.92 Å². The van der Waals surface area contributed by atoms with Crippen LogP contribution in [0.5, 0.6) is 11.5 Å². The Morgan fingerprint density at radius 3 is 2.73 bits per heavy atom. The summed E-state index contributed by atoms with van der Waals surface area (Å²) in [5.74, 6) is 4.18. The maximum atomic E-state index is 12.4. The first-order valence-electron chi connectivity index (χ1n) is 7.62. The van der Waals surface area contributed by atoms with Crippen LogP contribution in [0.3, 0.4) is 0 Å². The summed E-state index contributed by atoms with van der Waals surface area (Å²) < 4.78 is 11.0. The van der Waals surface area contributed by atoms with E-state index in [0.717, 1.165) is 37.4 Å². The number of ether oxygens (including phenoxy) is 2. The first kappa shape index (κ1) is 14.7. The third-order valence-electron chi connectivity index (χ3n) is 4.08. The van der Waals surface area contributed by atoms with Crippen molar-refractivity contribution >= 4 is 11.6 Å². The number of piperidine rings is 1. The van der Waals surface area contributed by atoms with Gasteiger partial charge in [-0.05, 0) is 38.1 Å². The average Bonchev–Trinajstić information content (AvgIpc) is 2.56. The molecule has 1 fully saturated rings. The van der Waals surface area contributed by atoms with Gasteiger partial charge >= 0.3 is 0 Å². The summed E-state index contributed by atoms with van der Waals surface area (Å²) in [6, 6.07) is 5.50. The number of anilines is 1. The zero-order chi connectivity index (χ0) is 15.4. The Labute approximate surface area is 130 Å². The third-order valence-corrected chi connectivity index (χ3v) is 4.08. The molecule has 1 N–H and O–H groups in total. The van der Waals surface area contributed by atoms with E-state index in [-0.39, 0.29) is 11.8 Å². The van der Waals surface area contributed by atoms with Crippen LogP contribution in [0.2, 0.25) is 0 Å². The second-order valence-corrected chi connectivity index (χ2v) is 5.60. The number of benzene rings is 1. The SMILES string of the molecule is C#CCN1CCC(C(=O)Nc2ccc3c(c2)OCCO3)CC1. The molecule has 1 amide bonds. The van der Waals surface area contributed by atoms with Crippen molar-refractivity contribution in [3.8, 4) is 23.8 Å². The van der Waals surface area contributed by atoms with Gasteiger partial charge in [0.1, 0.15) is 13.2 Å². The number of hydrogen-bond acceptors (Lipinski definition) is 4. The standard InChI is InChI=1S/C17H20N2O3/c1-2-7-19-8-5-13(6-9-19)17(20)18-14-3-4-15-16(12-14)22-11-10-21-15/h1,3-4,12-13H,5-11H2,(H,18,20). The van der Waals surface area contributed by atoms with Crippen molar-refractivity contribution in [1.29, 1.82) is 0 Å². The molecule has 1 saturated heterocycles. The van der Waals surface area contributed by atoms with Crippen LogP contribution in [0.25, 0.3) is 0 Å². The predicted molar refractivity (Wildman–Crippen MR) is 84.1 cm³/mol. The molecule has 0 atom stereocenters. The zero-order valence-corrected chi connectivity index (χ0v) is 12.5. The number of amides is 1. The third kappa shape index (κ3) is 3.34. The van der Waals surface area contributed by atoms with Gasteiger partial charge in [0.25, 0.3) is 0 Å². The molecule has 2 aliphatic heterocycles. The highest BCUT2D eigenvalue weighted by Gasteiger charge is 2.25. The summed E-state index contributed by atoms with van der Waals surface area (Å²) in [7, 11) is 0. The van der Waals surface area contributed by atoms with Gasteiger partial charge < -0.3 is 14.8 Å². The molecule has 5 heteroatoms. The normalized spacial score (nSPS) is 18.5. The summed E-state index contributed by atoms with van der Waals surface area (Å²) in [6.45, 7) is 3.52. The summed E-state index contributed by atoms with van der Waals surface area (Å²) in [4.78, 5) is 14.6. The van der Waals surface area contributed by atoms with Crippen LogP contribution in [-0.2, 0) is 4.79 Å². The number of carbonyl (C=O) groups is 1. The number of terminal acetylenes is 1. The molecule has 22 heavy (non-hydrogen) atoms. The highest BCUT2D eigenvalue weighted by atomic mass is 16.6. The van der Waals surface area contributed by atoms with Crippen LogP contribution in [0.4, 0.5) is 5.69 Å². The Hall–Kier alpha value is -2.19. The lowest BCUT2D eigenvalue weighted by Crippen LogP contribution is -2.38. The molecule has 2 heterocycles. The monoisotopic (exact) mass is 300 g/mol. The molecule has 0 radical (unpaired) electrons. The van der Waals surface area contributed by atoms with Crippen molar-refractivity contribution in [1.82, 2.24) is 4.90 Å². The van der Waals surface area contributed by atoms with Crippen molar-refractivity contribution in [2.75, 3.05) is 38.2 Å². The number of carbonyl (C=O) groups excluding carboxylic acids is 1. The van der Waals surface area contributed by atoms with E-state index in [1.807, 2.05) is 18.2 Å². The molecule has 0 bridgehead atoms. The van der Waals surface area contributed by atoms with E-state index >= 15 is 0 Å². The van der Waals surface area contributed by atoms with Crippen LogP contribution >= 0.6 is 0 Å². The minimum absolute atomic E-state index is 0.0437. The van der Waals surface area contributed by atoms with Gasteiger partial charge in [-0.1, -0.05) is 5.92 Å². The van der Waals surface area contributed by atoms with Gasteiger partial charge in [-0.3, -0.25) is 9.69 Å². The van der Waals surface area contributed by atoms with Crippen LogP contribution < -0.4 is 14.8 Å². The lowest BCUT2D eigenvalue weighted by Gasteiger charge is -2.29. The van der Waals surface area contributed by atoms with Crippen LogP contribution in [-0.4, -0.2) is 43.7 Å². The number of nitrogens with one attached hydrogen (secondary N) is 1. The van der Waals surface area contributed by atoms with E-state index in [9.17, 15) is 4.79 Å². The second-order valence-electron chi connectivity index (χ2n) is 5.60. The van der Waals surface area contributed by atoms with E-state index in [1.165, 1.54) is 0 Å². The second kappa shape index (κ2) is 6.71. The average molecular weight is 300 g/mol. The Balaban J connectivity index is 1.57. The summed E-state index contributed by atoms with van der Waals surface area (Å²) in [6.07, 6.45) is 7.01. The number of rotatable bonds is 3. The van der Waals surface area contributed by atoms with E-state index in [0.29, 0.717) is 25.5 Å². The lowest BCUT2D eigenvalue weighted by atomic mass is 9.96. The summed E-state index contributed by atoms with van der Waals surface area (Å²) >= 11 is 0. The molecule has 0 saturated carbocycles. The molecular formula is C17H20N2O3. The van der Waals surface area contributed by atoms with E-state index in [4.69, 9.17) is 15.9 Å². The van der Waals surface area contributed by atoms with Gasteiger partial charge in [0.15, 0.2) is 11.5 Å². The van der Waals surface area contributed by atoms with Gasteiger partial charge in [0.05, 0.1) is 6.54 Å². The zero-order valence-electron chi connectivity index (χ0n) is 12.5. The van der Waals surface area contributed by atoms with Crippen LogP contribution in [0.15, 0.2) is 18.2 Å². The van der Waals surface area contributed by atoms with Crippen LogP contribution in [0, 0.1) is 18.3 Å². The van der Waals surface area contributed by atoms with E-state index in [1.54, 1.807) is 0 Å². The van der Waals surface area contributed by atoms with E-state index in [2.05, 4.69) is 16.1 Å². The van der Waals surface area contributed by atoms with Crippen molar-refractivity contribution in [3.63, 3.8) is 0 Å². The molecular weight excluding hydrogens is 280 g/mol. The van der Waals surface area contributed by atoms with Gasteiger partial charge in [-0.25, -0.2) is 0 Å². The minimum atomic E-state index is 0.0437. The fourth-order valence-electron chi connectivity index (χ4n) is 2.85.